The molecule has 24 heavy (non-hydrogen) atoms. The first kappa shape index (κ1) is 17.8. The highest BCUT2D eigenvalue weighted by Gasteiger charge is 2.35. The van der Waals surface area contributed by atoms with Crippen LogP contribution in [0.4, 0.5) is 13.2 Å². The Hall–Kier alpha value is -2.58. The number of carbonyl (C=O) groups excluding carboxylic acids is 3. The molecule has 1 aliphatic heterocycles. The molecule has 0 unspecified atom stereocenters. The molecule has 6 nitrogen and oxygen atoms in total. The molecule has 3 amide bonds. The third-order valence-corrected chi connectivity index (χ3v) is 3.72. The van der Waals surface area contributed by atoms with Gasteiger partial charge in [-0.25, -0.2) is 0 Å². The number of primary amides is 1. The van der Waals surface area contributed by atoms with Gasteiger partial charge in [0.1, 0.15) is 12.1 Å². The van der Waals surface area contributed by atoms with Crippen LogP contribution in [0.3, 0.4) is 0 Å². The van der Waals surface area contributed by atoms with E-state index in [0.717, 1.165) is 6.07 Å². The van der Waals surface area contributed by atoms with Crippen LogP contribution in [0.1, 0.15) is 24.0 Å². The molecule has 2 atom stereocenters. The number of nitrogens with two attached hydrogens (primary N) is 1. The molecular formula is C15H16F3N3O3. The van der Waals surface area contributed by atoms with Crippen LogP contribution in [0, 0.1) is 0 Å². The van der Waals surface area contributed by atoms with Gasteiger partial charge >= 0.3 is 6.18 Å². The van der Waals surface area contributed by atoms with Gasteiger partial charge in [0.2, 0.25) is 17.7 Å². The summed E-state index contributed by atoms with van der Waals surface area (Å²) in [6, 6.07) is 2.64. The highest BCUT2D eigenvalue weighted by Crippen LogP contribution is 2.32. The molecule has 2 rings (SSSR count). The van der Waals surface area contributed by atoms with E-state index in [1.165, 1.54) is 18.2 Å². The molecule has 0 spiro atoms. The van der Waals surface area contributed by atoms with Crippen LogP contribution in [0.15, 0.2) is 24.3 Å². The van der Waals surface area contributed by atoms with Crippen LogP contribution in [-0.4, -0.2) is 29.8 Å². The molecule has 0 aliphatic carbocycles. The highest BCUT2D eigenvalue weighted by atomic mass is 19.4. The van der Waals surface area contributed by atoms with Crippen molar-refractivity contribution in [2.75, 3.05) is 0 Å². The summed E-state index contributed by atoms with van der Waals surface area (Å²) in [6.07, 6.45) is -4.54. The maximum absolute atomic E-state index is 13.0. The third-order valence-electron chi connectivity index (χ3n) is 3.72. The second-order valence-electron chi connectivity index (χ2n) is 5.48. The van der Waals surface area contributed by atoms with Gasteiger partial charge in [0.25, 0.3) is 0 Å². The minimum Gasteiger partial charge on any atom is -0.368 e. The molecule has 1 heterocycles. The summed E-state index contributed by atoms with van der Waals surface area (Å²) < 4.78 is 39.0. The molecule has 0 bridgehead atoms. The molecule has 130 valence electrons. The third kappa shape index (κ3) is 4.24. The summed E-state index contributed by atoms with van der Waals surface area (Å²) in [7, 11) is 0. The van der Waals surface area contributed by atoms with Gasteiger partial charge in [-0.3, -0.25) is 14.4 Å². The van der Waals surface area contributed by atoms with E-state index in [9.17, 15) is 27.6 Å². The lowest BCUT2D eigenvalue weighted by atomic mass is 9.99. The van der Waals surface area contributed by atoms with Gasteiger partial charge in [0.05, 0.1) is 5.56 Å². The average molecular weight is 343 g/mol. The Balaban J connectivity index is 2.14. The lowest BCUT2D eigenvalue weighted by molar-refractivity contribution is -0.138. The lowest BCUT2D eigenvalue weighted by Crippen LogP contribution is -2.51. The Morgan fingerprint density at radius 3 is 2.54 bits per heavy atom. The average Bonchev–Trinajstić information content (AvgIpc) is 2.92. The molecule has 4 N–H and O–H groups in total. The van der Waals surface area contributed by atoms with E-state index in [1.807, 2.05) is 0 Å². The van der Waals surface area contributed by atoms with Crippen LogP contribution >= 0.6 is 0 Å². The standard InChI is InChI=1S/C15H16F3N3O3/c16-15(17,18)9-4-2-1-3-8(9)7-11(13(19)23)21-14(24)10-5-6-12(22)20-10/h1-4,10-11H,5-7H2,(H2,19,23)(H,20,22)(H,21,24)/t10-,11-/m0/s1. The van der Waals surface area contributed by atoms with Crippen molar-refractivity contribution in [3.05, 3.63) is 35.4 Å². The summed E-state index contributed by atoms with van der Waals surface area (Å²) in [5.41, 5.74) is 4.16. The van der Waals surface area contributed by atoms with E-state index < -0.39 is 42.1 Å². The first-order chi connectivity index (χ1) is 11.2. The zero-order valence-electron chi connectivity index (χ0n) is 12.5. The van der Waals surface area contributed by atoms with Crippen molar-refractivity contribution in [1.82, 2.24) is 10.6 Å². The number of carbonyl (C=O) groups is 3. The Kier molecular flexibility index (Phi) is 5.10. The van der Waals surface area contributed by atoms with Gasteiger partial charge in [-0.15, -0.1) is 0 Å². The number of amides is 3. The van der Waals surface area contributed by atoms with E-state index in [-0.39, 0.29) is 24.3 Å². The van der Waals surface area contributed by atoms with E-state index in [2.05, 4.69) is 10.6 Å². The number of rotatable bonds is 5. The van der Waals surface area contributed by atoms with Crippen molar-refractivity contribution in [1.29, 1.82) is 0 Å². The first-order valence-electron chi connectivity index (χ1n) is 7.22. The SMILES string of the molecule is NC(=O)[C@H](Cc1ccccc1C(F)(F)F)NC(=O)[C@@H]1CCC(=O)N1. The number of hydrogen-bond donors (Lipinski definition) is 3. The summed E-state index contributed by atoms with van der Waals surface area (Å²) in [5.74, 6) is -1.90. The predicted octanol–water partition coefficient (Wildman–Crippen LogP) is 0.497. The Morgan fingerprint density at radius 2 is 2.00 bits per heavy atom. The molecule has 1 aliphatic rings. The van der Waals surface area contributed by atoms with Gasteiger partial charge < -0.3 is 16.4 Å². The molecular weight excluding hydrogens is 327 g/mol. The fourth-order valence-corrected chi connectivity index (χ4v) is 2.50. The van der Waals surface area contributed by atoms with E-state index in [1.54, 1.807) is 0 Å². The van der Waals surface area contributed by atoms with Gasteiger partial charge in [-0.05, 0) is 18.1 Å². The zero-order valence-corrected chi connectivity index (χ0v) is 12.5. The maximum atomic E-state index is 13.0. The van der Waals surface area contributed by atoms with Crippen molar-refractivity contribution in [3.63, 3.8) is 0 Å². The van der Waals surface area contributed by atoms with Crippen LogP contribution < -0.4 is 16.4 Å². The maximum Gasteiger partial charge on any atom is 0.416 e. The molecule has 9 heteroatoms. The molecule has 1 aromatic carbocycles. The van der Waals surface area contributed by atoms with E-state index in [4.69, 9.17) is 5.73 Å². The smallest absolute Gasteiger partial charge is 0.368 e. The number of nitrogens with one attached hydrogen (secondary N) is 2. The van der Waals surface area contributed by atoms with Crippen LogP contribution in [0.25, 0.3) is 0 Å². The molecule has 1 aromatic rings. The number of hydrogen-bond acceptors (Lipinski definition) is 3. The summed E-state index contributed by atoms with van der Waals surface area (Å²) >= 11 is 0. The fraction of sp³-hybridized carbons (Fsp3) is 0.400. The normalized spacial score (nSPS) is 18.8. The minimum absolute atomic E-state index is 0.149. The fourth-order valence-electron chi connectivity index (χ4n) is 2.50. The lowest BCUT2D eigenvalue weighted by Gasteiger charge is -2.20. The Bertz CT molecular complexity index is 661. The second kappa shape index (κ2) is 6.90. The summed E-state index contributed by atoms with van der Waals surface area (Å²) in [5, 5.41) is 4.72. The summed E-state index contributed by atoms with van der Waals surface area (Å²) in [6.45, 7) is 0. The quantitative estimate of drug-likeness (QED) is 0.725. The molecule has 1 fully saturated rings. The van der Waals surface area contributed by atoms with Crippen LogP contribution in [-0.2, 0) is 27.0 Å². The van der Waals surface area contributed by atoms with Crippen molar-refractivity contribution in [3.8, 4) is 0 Å². The number of alkyl halides is 3. The van der Waals surface area contributed by atoms with Gasteiger partial charge in [-0.2, -0.15) is 13.2 Å². The zero-order chi connectivity index (χ0) is 17.9. The van der Waals surface area contributed by atoms with Crippen molar-refractivity contribution in [2.45, 2.75) is 37.5 Å². The first-order valence-corrected chi connectivity index (χ1v) is 7.22. The Morgan fingerprint density at radius 1 is 1.33 bits per heavy atom. The molecule has 1 saturated heterocycles. The second-order valence-corrected chi connectivity index (χ2v) is 5.48. The molecule has 0 saturated carbocycles. The summed E-state index contributed by atoms with van der Waals surface area (Å²) in [4.78, 5) is 34.7. The number of benzene rings is 1. The van der Waals surface area contributed by atoms with Gasteiger partial charge in [0, 0.05) is 12.8 Å². The van der Waals surface area contributed by atoms with Gasteiger partial charge in [-0.1, -0.05) is 18.2 Å². The topological polar surface area (TPSA) is 101 Å². The molecule has 0 radical (unpaired) electrons. The molecule has 0 aromatic heterocycles. The predicted molar refractivity (Wildman–Crippen MR) is 77.4 cm³/mol. The van der Waals surface area contributed by atoms with Crippen molar-refractivity contribution >= 4 is 17.7 Å². The van der Waals surface area contributed by atoms with Gasteiger partial charge in [0.15, 0.2) is 0 Å². The van der Waals surface area contributed by atoms with Crippen molar-refractivity contribution < 1.29 is 27.6 Å². The largest absolute Gasteiger partial charge is 0.416 e. The number of halogens is 3. The van der Waals surface area contributed by atoms with Crippen LogP contribution in [0.5, 0.6) is 0 Å². The minimum atomic E-state index is -4.58. The van der Waals surface area contributed by atoms with E-state index in [0.29, 0.717) is 0 Å². The van der Waals surface area contributed by atoms with E-state index >= 15 is 0 Å². The van der Waals surface area contributed by atoms with Crippen molar-refractivity contribution in [2.24, 2.45) is 5.73 Å². The highest BCUT2D eigenvalue weighted by molar-refractivity contribution is 5.93. The Labute approximate surface area is 135 Å². The van der Waals surface area contributed by atoms with Crippen LogP contribution in [0.2, 0.25) is 0 Å². The monoisotopic (exact) mass is 343 g/mol.